The Kier molecular flexibility index (Phi) is 10.6. The predicted octanol–water partition coefficient (Wildman–Crippen LogP) is 14.9. The first kappa shape index (κ1) is 37.8. The first-order chi connectivity index (χ1) is 30.1. The molecule has 10 aromatic rings. The van der Waals surface area contributed by atoms with E-state index in [2.05, 4.69) is 263 Å². The summed E-state index contributed by atoms with van der Waals surface area (Å²) in [6, 6.07) is 87.0. The SMILES string of the molecule is [SeH]c1ccc(-c2ccc(N(c3ccc(-c4ccc(-c5ccccc5)c(Nc5ccccc5)c4)cc3)c3ccc(-c4cccc5ccccc45)cc3)cc2)cc1-c1ccccc1. The van der Waals surface area contributed by atoms with Gasteiger partial charge < -0.3 is 5.32 Å². The number of fused-ring (bicyclic) bond motifs is 1. The van der Waals surface area contributed by atoms with Crippen LogP contribution in [0, 0.1) is 0 Å². The molecule has 61 heavy (non-hydrogen) atoms. The average Bonchev–Trinajstić information content (AvgIpc) is 3.33. The number of hydrogen-bond donors (Lipinski definition) is 1. The van der Waals surface area contributed by atoms with Crippen LogP contribution in [-0.2, 0) is 0 Å². The molecule has 3 heteroatoms. The topological polar surface area (TPSA) is 15.3 Å². The second-order valence-corrected chi connectivity index (χ2v) is 16.2. The molecule has 0 fully saturated rings. The summed E-state index contributed by atoms with van der Waals surface area (Å²) in [5.74, 6) is 0. The van der Waals surface area contributed by atoms with E-state index in [9.17, 15) is 0 Å². The molecule has 0 saturated carbocycles. The van der Waals surface area contributed by atoms with Crippen LogP contribution >= 0.6 is 0 Å². The summed E-state index contributed by atoms with van der Waals surface area (Å²) in [6.45, 7) is 0. The van der Waals surface area contributed by atoms with E-state index in [1.807, 2.05) is 6.07 Å². The van der Waals surface area contributed by atoms with Gasteiger partial charge in [0.25, 0.3) is 0 Å². The molecular formula is C58H42N2Se. The predicted molar refractivity (Wildman–Crippen MR) is 262 cm³/mol. The fraction of sp³-hybridized carbons (Fsp3) is 0. The first-order valence-corrected chi connectivity index (χ1v) is 21.6. The van der Waals surface area contributed by atoms with Gasteiger partial charge in [0.15, 0.2) is 0 Å². The molecule has 1 N–H and O–H groups in total. The molecule has 0 amide bonds. The number of hydrogen-bond acceptors (Lipinski definition) is 2. The van der Waals surface area contributed by atoms with Crippen LogP contribution in [0.25, 0.3) is 66.4 Å². The molecule has 0 unspecified atom stereocenters. The molecule has 0 saturated heterocycles. The van der Waals surface area contributed by atoms with Crippen LogP contribution in [-0.4, -0.2) is 16.0 Å². The van der Waals surface area contributed by atoms with Crippen LogP contribution in [0.4, 0.5) is 28.4 Å². The summed E-state index contributed by atoms with van der Waals surface area (Å²) in [5.41, 5.74) is 17.2. The van der Waals surface area contributed by atoms with Gasteiger partial charge in [0, 0.05) is 16.9 Å². The van der Waals surface area contributed by atoms with Gasteiger partial charge in [0.2, 0.25) is 0 Å². The molecule has 0 aliphatic rings. The van der Waals surface area contributed by atoms with Gasteiger partial charge >= 0.3 is 186 Å². The fourth-order valence-electron chi connectivity index (χ4n) is 8.26. The standard InChI is InChI=1S/C58H42N2Se/c61-58-38-30-47(39-56(58)45-15-6-2-7-16-45)41-23-31-50(32-24-41)60(52-35-27-46(28-36-52)54-22-12-18-43-17-10-11-21-53(43)54)51-33-25-42(26-34-51)48-29-37-55(44-13-4-1-5-14-44)57(40-48)59-49-19-8-3-9-20-49/h1-40,59,61H. The Morgan fingerprint density at radius 2 is 0.770 bits per heavy atom. The number of para-hydroxylation sites is 1. The molecule has 0 heterocycles. The Hall–Kier alpha value is -7.42. The van der Waals surface area contributed by atoms with Gasteiger partial charge in [-0.1, -0.05) is 103 Å². The molecule has 0 atom stereocenters. The van der Waals surface area contributed by atoms with Crippen LogP contribution in [0.15, 0.2) is 243 Å². The molecule has 10 aromatic carbocycles. The van der Waals surface area contributed by atoms with E-state index in [0.717, 1.165) is 45.1 Å². The van der Waals surface area contributed by atoms with E-state index in [-0.39, 0.29) is 0 Å². The van der Waals surface area contributed by atoms with Crippen LogP contribution in [0.3, 0.4) is 0 Å². The van der Waals surface area contributed by atoms with E-state index < -0.39 is 0 Å². The molecule has 0 aliphatic heterocycles. The van der Waals surface area contributed by atoms with Crippen molar-refractivity contribution in [3.05, 3.63) is 243 Å². The quantitative estimate of drug-likeness (QED) is 0.138. The van der Waals surface area contributed by atoms with Gasteiger partial charge in [0.1, 0.15) is 0 Å². The second kappa shape index (κ2) is 17.0. The molecular weight excluding hydrogens is 804 g/mol. The average molecular weight is 846 g/mol. The number of rotatable bonds is 10. The number of nitrogens with zero attached hydrogens (tertiary/aromatic N) is 1. The normalized spacial score (nSPS) is 11.0. The van der Waals surface area contributed by atoms with Gasteiger partial charge in [-0.05, 0) is 56.8 Å². The molecule has 0 aliphatic carbocycles. The Balaban J connectivity index is 1.02. The maximum absolute atomic E-state index is 3.70. The summed E-state index contributed by atoms with van der Waals surface area (Å²) in [7, 11) is 0. The Labute approximate surface area is 366 Å². The summed E-state index contributed by atoms with van der Waals surface area (Å²) < 4.78 is 1.21. The van der Waals surface area contributed by atoms with Gasteiger partial charge in [-0.15, -0.1) is 0 Å². The summed E-state index contributed by atoms with van der Waals surface area (Å²) in [4.78, 5) is 2.35. The minimum atomic E-state index is 1.05. The number of nitrogens with one attached hydrogen (secondary N) is 1. The molecule has 0 bridgehead atoms. The summed E-state index contributed by atoms with van der Waals surface area (Å²) in [6.07, 6.45) is 0. The Morgan fingerprint density at radius 1 is 0.311 bits per heavy atom. The third-order valence-corrected chi connectivity index (χ3v) is 12.2. The van der Waals surface area contributed by atoms with Crippen molar-refractivity contribution in [1.82, 2.24) is 0 Å². The van der Waals surface area contributed by atoms with Crippen LogP contribution in [0.5, 0.6) is 0 Å². The molecule has 10 rings (SSSR count). The zero-order valence-corrected chi connectivity index (χ0v) is 35.4. The number of benzene rings is 10. The summed E-state index contributed by atoms with van der Waals surface area (Å²) >= 11 is 2.72. The van der Waals surface area contributed by atoms with Crippen molar-refractivity contribution in [3.8, 4) is 55.6 Å². The van der Waals surface area contributed by atoms with Crippen LogP contribution < -0.4 is 14.7 Å². The van der Waals surface area contributed by atoms with Crippen molar-refractivity contribution >= 4 is 59.7 Å². The van der Waals surface area contributed by atoms with Crippen molar-refractivity contribution < 1.29 is 0 Å². The zero-order chi connectivity index (χ0) is 41.0. The monoisotopic (exact) mass is 846 g/mol. The molecule has 0 radical (unpaired) electrons. The van der Waals surface area contributed by atoms with Crippen LogP contribution in [0.2, 0.25) is 0 Å². The maximum atomic E-state index is 3.70. The molecule has 290 valence electrons. The number of anilines is 5. The van der Waals surface area contributed by atoms with E-state index in [0.29, 0.717) is 0 Å². The first-order valence-electron chi connectivity index (χ1n) is 20.6. The van der Waals surface area contributed by atoms with Gasteiger partial charge in [0.05, 0.1) is 0 Å². The van der Waals surface area contributed by atoms with Gasteiger partial charge in [-0.3, -0.25) is 0 Å². The van der Waals surface area contributed by atoms with Crippen LogP contribution in [0.1, 0.15) is 0 Å². The van der Waals surface area contributed by atoms with E-state index in [1.165, 1.54) is 54.2 Å². The van der Waals surface area contributed by atoms with Crippen molar-refractivity contribution in [2.45, 2.75) is 0 Å². The second-order valence-electron chi connectivity index (χ2n) is 15.2. The molecule has 0 spiro atoms. The fourth-order valence-corrected chi connectivity index (χ4v) is 8.82. The van der Waals surface area contributed by atoms with Crippen molar-refractivity contribution in [1.29, 1.82) is 0 Å². The molecule has 0 aromatic heterocycles. The van der Waals surface area contributed by atoms with Crippen molar-refractivity contribution in [3.63, 3.8) is 0 Å². The third-order valence-electron chi connectivity index (χ3n) is 11.4. The molecule has 2 nitrogen and oxygen atoms in total. The van der Waals surface area contributed by atoms with E-state index in [4.69, 9.17) is 0 Å². The minimum absolute atomic E-state index is 1.05. The van der Waals surface area contributed by atoms with Crippen molar-refractivity contribution in [2.75, 3.05) is 10.2 Å². The van der Waals surface area contributed by atoms with Gasteiger partial charge in [-0.25, -0.2) is 0 Å². The third kappa shape index (κ3) is 8.01. The van der Waals surface area contributed by atoms with E-state index >= 15 is 0 Å². The Morgan fingerprint density at radius 3 is 1.39 bits per heavy atom. The van der Waals surface area contributed by atoms with E-state index in [1.54, 1.807) is 0 Å². The summed E-state index contributed by atoms with van der Waals surface area (Å²) in [5, 5.41) is 6.20. The van der Waals surface area contributed by atoms with Crippen molar-refractivity contribution in [2.24, 2.45) is 0 Å². The zero-order valence-electron chi connectivity index (χ0n) is 33.5. The Bertz CT molecular complexity index is 3070. The van der Waals surface area contributed by atoms with Gasteiger partial charge in [-0.2, -0.15) is 0 Å².